The highest BCUT2D eigenvalue weighted by Crippen LogP contribution is 2.36. The predicted octanol–water partition coefficient (Wildman–Crippen LogP) is 4.41. The number of ether oxygens (including phenoxy) is 1. The summed E-state index contributed by atoms with van der Waals surface area (Å²) in [6.07, 6.45) is 2.27. The third kappa shape index (κ3) is 2.48. The quantitative estimate of drug-likeness (QED) is 0.788. The van der Waals surface area contributed by atoms with Crippen LogP contribution in [0.5, 0.6) is 5.75 Å². The number of fused-ring (bicyclic) bond motifs is 1. The number of halogens is 2. The first-order valence-corrected chi connectivity index (χ1v) is 7.41. The van der Waals surface area contributed by atoms with Crippen LogP contribution in [-0.2, 0) is 12.8 Å². The Hall–Kier alpha value is -1.32. The summed E-state index contributed by atoms with van der Waals surface area (Å²) in [7, 11) is 0. The fourth-order valence-electron chi connectivity index (χ4n) is 2.37. The lowest BCUT2D eigenvalue weighted by Gasteiger charge is -2.12. The van der Waals surface area contributed by atoms with E-state index in [4.69, 9.17) is 27.9 Å². The van der Waals surface area contributed by atoms with E-state index in [1.165, 1.54) is 0 Å². The van der Waals surface area contributed by atoms with Gasteiger partial charge in [0.1, 0.15) is 16.1 Å². The van der Waals surface area contributed by atoms with Crippen molar-refractivity contribution in [3.63, 3.8) is 0 Å². The Morgan fingerprint density at radius 3 is 2.55 bits per heavy atom. The average Bonchev–Trinajstić information content (AvgIpc) is 2.86. The normalized spacial score (nSPS) is 16.9. The molecule has 0 saturated carbocycles. The maximum atomic E-state index is 6.21. The van der Waals surface area contributed by atoms with E-state index in [2.05, 4.69) is 16.9 Å². The molecule has 0 N–H and O–H groups in total. The number of para-hydroxylation sites is 1. The van der Waals surface area contributed by atoms with Gasteiger partial charge in [0.25, 0.3) is 0 Å². The largest absolute Gasteiger partial charge is 0.482 e. The lowest BCUT2D eigenvalue weighted by atomic mass is 10.1. The SMILES string of the molecule is CCCc1c(Cl)nc(C2Cc3ccccc3O2)nc1Cl. The van der Waals surface area contributed by atoms with Crippen LogP contribution in [0, 0.1) is 0 Å². The number of benzene rings is 1. The van der Waals surface area contributed by atoms with Gasteiger partial charge in [-0.05, 0) is 18.1 Å². The zero-order valence-corrected chi connectivity index (χ0v) is 12.6. The summed E-state index contributed by atoms with van der Waals surface area (Å²) < 4.78 is 5.86. The van der Waals surface area contributed by atoms with Crippen molar-refractivity contribution in [3.8, 4) is 5.75 Å². The van der Waals surface area contributed by atoms with Gasteiger partial charge >= 0.3 is 0 Å². The molecule has 0 fully saturated rings. The van der Waals surface area contributed by atoms with Crippen LogP contribution in [0.15, 0.2) is 24.3 Å². The average molecular weight is 309 g/mol. The summed E-state index contributed by atoms with van der Waals surface area (Å²) in [6, 6.07) is 7.94. The van der Waals surface area contributed by atoms with Crippen LogP contribution in [0.25, 0.3) is 0 Å². The monoisotopic (exact) mass is 308 g/mol. The first-order valence-electron chi connectivity index (χ1n) is 6.65. The molecule has 5 heteroatoms. The van der Waals surface area contributed by atoms with E-state index in [0.717, 1.165) is 36.1 Å². The smallest absolute Gasteiger partial charge is 0.172 e. The number of hydrogen-bond donors (Lipinski definition) is 0. The fraction of sp³-hybridized carbons (Fsp3) is 0.333. The second kappa shape index (κ2) is 5.58. The standard InChI is InChI=1S/C15H14Cl2N2O/c1-2-5-10-13(16)18-15(19-14(10)17)12-8-9-6-3-4-7-11(9)20-12/h3-4,6-7,12H,2,5,8H2,1H3. The van der Waals surface area contributed by atoms with Crippen molar-refractivity contribution in [3.05, 3.63) is 51.5 Å². The van der Waals surface area contributed by atoms with Crippen molar-refractivity contribution in [2.75, 3.05) is 0 Å². The lowest BCUT2D eigenvalue weighted by molar-refractivity contribution is 0.227. The van der Waals surface area contributed by atoms with Gasteiger partial charge < -0.3 is 4.74 Å². The minimum atomic E-state index is -0.210. The van der Waals surface area contributed by atoms with Crippen LogP contribution in [0.1, 0.15) is 36.4 Å². The molecule has 1 atom stereocenters. The number of rotatable bonds is 3. The van der Waals surface area contributed by atoms with Gasteiger partial charge in [-0.3, -0.25) is 0 Å². The fourth-order valence-corrected chi connectivity index (χ4v) is 2.96. The third-order valence-corrected chi connectivity index (χ3v) is 3.98. The highest BCUT2D eigenvalue weighted by atomic mass is 35.5. The molecule has 1 aromatic heterocycles. The van der Waals surface area contributed by atoms with Crippen molar-refractivity contribution < 1.29 is 4.74 Å². The highest BCUT2D eigenvalue weighted by molar-refractivity contribution is 6.34. The Bertz CT molecular complexity index is 598. The minimum absolute atomic E-state index is 0.210. The van der Waals surface area contributed by atoms with Crippen molar-refractivity contribution >= 4 is 23.2 Å². The Kier molecular flexibility index (Phi) is 3.81. The second-order valence-electron chi connectivity index (χ2n) is 4.81. The Morgan fingerprint density at radius 2 is 1.90 bits per heavy atom. The van der Waals surface area contributed by atoms with Crippen LogP contribution in [0.3, 0.4) is 0 Å². The summed E-state index contributed by atoms with van der Waals surface area (Å²) in [5.41, 5.74) is 1.97. The lowest BCUT2D eigenvalue weighted by Crippen LogP contribution is -2.10. The Morgan fingerprint density at radius 1 is 1.20 bits per heavy atom. The molecular weight excluding hydrogens is 295 g/mol. The Labute approximate surface area is 127 Å². The first kappa shape index (κ1) is 13.7. The van der Waals surface area contributed by atoms with E-state index in [0.29, 0.717) is 16.1 Å². The first-order chi connectivity index (χ1) is 9.69. The molecule has 104 valence electrons. The van der Waals surface area contributed by atoms with E-state index >= 15 is 0 Å². The van der Waals surface area contributed by atoms with E-state index in [1.807, 2.05) is 24.3 Å². The third-order valence-electron chi connectivity index (χ3n) is 3.36. The number of nitrogens with zero attached hydrogens (tertiary/aromatic N) is 2. The molecule has 0 radical (unpaired) electrons. The van der Waals surface area contributed by atoms with Gasteiger partial charge in [-0.25, -0.2) is 9.97 Å². The van der Waals surface area contributed by atoms with Gasteiger partial charge in [0, 0.05) is 12.0 Å². The van der Waals surface area contributed by atoms with Crippen molar-refractivity contribution in [1.82, 2.24) is 9.97 Å². The zero-order valence-electron chi connectivity index (χ0n) is 11.1. The van der Waals surface area contributed by atoms with Gasteiger partial charge in [-0.1, -0.05) is 54.7 Å². The summed E-state index contributed by atoms with van der Waals surface area (Å²) >= 11 is 12.4. The molecule has 1 aliphatic heterocycles. The summed E-state index contributed by atoms with van der Waals surface area (Å²) in [6.45, 7) is 2.07. The maximum Gasteiger partial charge on any atom is 0.172 e. The summed E-state index contributed by atoms with van der Waals surface area (Å²) in [4.78, 5) is 8.72. The molecule has 1 unspecified atom stereocenters. The molecule has 0 saturated heterocycles. The summed E-state index contributed by atoms with van der Waals surface area (Å²) in [5.74, 6) is 1.43. The van der Waals surface area contributed by atoms with Gasteiger partial charge in [-0.15, -0.1) is 0 Å². The van der Waals surface area contributed by atoms with Crippen molar-refractivity contribution in [1.29, 1.82) is 0 Å². The molecule has 1 aliphatic rings. The minimum Gasteiger partial charge on any atom is -0.482 e. The molecule has 2 heterocycles. The molecular formula is C15H14Cl2N2O. The number of aromatic nitrogens is 2. The zero-order chi connectivity index (χ0) is 14.1. The van der Waals surface area contributed by atoms with Crippen molar-refractivity contribution in [2.45, 2.75) is 32.3 Å². The van der Waals surface area contributed by atoms with Gasteiger partial charge in [0.2, 0.25) is 0 Å². The molecule has 3 nitrogen and oxygen atoms in total. The molecule has 0 spiro atoms. The summed E-state index contributed by atoms with van der Waals surface area (Å²) in [5, 5.41) is 0.864. The van der Waals surface area contributed by atoms with Gasteiger partial charge in [-0.2, -0.15) is 0 Å². The van der Waals surface area contributed by atoms with Gasteiger partial charge in [0.05, 0.1) is 0 Å². The maximum absolute atomic E-state index is 6.21. The van der Waals surface area contributed by atoms with E-state index in [1.54, 1.807) is 0 Å². The highest BCUT2D eigenvalue weighted by Gasteiger charge is 2.27. The number of hydrogen-bond acceptors (Lipinski definition) is 3. The van der Waals surface area contributed by atoms with Crippen LogP contribution >= 0.6 is 23.2 Å². The molecule has 0 amide bonds. The Balaban J connectivity index is 1.90. The molecule has 3 rings (SSSR count). The molecule has 0 aliphatic carbocycles. The molecule has 2 aromatic rings. The van der Waals surface area contributed by atoms with E-state index in [9.17, 15) is 0 Å². The van der Waals surface area contributed by atoms with Crippen molar-refractivity contribution in [2.24, 2.45) is 0 Å². The molecule has 20 heavy (non-hydrogen) atoms. The van der Waals surface area contributed by atoms with Crippen LogP contribution in [0.2, 0.25) is 10.3 Å². The second-order valence-corrected chi connectivity index (χ2v) is 5.53. The van der Waals surface area contributed by atoms with Crippen LogP contribution in [0.4, 0.5) is 0 Å². The molecule has 1 aromatic carbocycles. The van der Waals surface area contributed by atoms with Gasteiger partial charge in [0.15, 0.2) is 11.9 Å². The molecule has 0 bridgehead atoms. The van der Waals surface area contributed by atoms with Crippen LogP contribution in [-0.4, -0.2) is 9.97 Å². The predicted molar refractivity (Wildman–Crippen MR) is 79.6 cm³/mol. The topological polar surface area (TPSA) is 35.0 Å². The van der Waals surface area contributed by atoms with E-state index < -0.39 is 0 Å². The van der Waals surface area contributed by atoms with Crippen LogP contribution < -0.4 is 4.74 Å². The van der Waals surface area contributed by atoms with E-state index in [-0.39, 0.29) is 6.10 Å².